The molecule has 0 atom stereocenters. The summed E-state index contributed by atoms with van der Waals surface area (Å²) in [6.45, 7) is 0.836. The lowest BCUT2D eigenvalue weighted by Crippen LogP contribution is -2.43. The summed E-state index contributed by atoms with van der Waals surface area (Å²) in [5.74, 6) is 0.174. The lowest BCUT2D eigenvalue weighted by molar-refractivity contribution is 0.329. The van der Waals surface area contributed by atoms with Crippen LogP contribution in [-0.4, -0.2) is 37.6 Å². The Morgan fingerprint density at radius 3 is 2.40 bits per heavy atom. The third kappa shape index (κ3) is 4.04. The summed E-state index contributed by atoms with van der Waals surface area (Å²) in [4.78, 5) is 0. The van der Waals surface area contributed by atoms with E-state index in [9.17, 15) is 8.42 Å². The molecule has 0 bridgehead atoms. The minimum absolute atomic E-state index is 0.166. The van der Waals surface area contributed by atoms with Gasteiger partial charge in [0.05, 0.1) is 5.75 Å². The molecule has 1 aliphatic carbocycles. The maximum Gasteiger partial charge on any atom is 0.214 e. The van der Waals surface area contributed by atoms with Crippen LogP contribution in [0.2, 0.25) is 0 Å². The molecule has 0 spiro atoms. The van der Waals surface area contributed by atoms with Crippen LogP contribution in [0.15, 0.2) is 30.3 Å². The number of aryl methyl sites for hydroxylation is 1. The van der Waals surface area contributed by atoms with Gasteiger partial charge >= 0.3 is 0 Å². The van der Waals surface area contributed by atoms with Gasteiger partial charge in [-0.15, -0.1) is 0 Å². The van der Waals surface area contributed by atoms with Crippen molar-refractivity contribution in [3.05, 3.63) is 35.9 Å². The summed E-state index contributed by atoms with van der Waals surface area (Å²) in [6, 6.07) is 9.93. The van der Waals surface area contributed by atoms with Gasteiger partial charge in [0.25, 0.3) is 0 Å². The number of nitrogens with zero attached hydrogens (tertiary/aromatic N) is 1. The quantitative estimate of drug-likeness (QED) is 0.834. The molecule has 0 aromatic heterocycles. The van der Waals surface area contributed by atoms with Gasteiger partial charge in [-0.1, -0.05) is 43.2 Å². The van der Waals surface area contributed by atoms with Crippen LogP contribution in [0.4, 0.5) is 0 Å². The van der Waals surface area contributed by atoms with Crippen molar-refractivity contribution in [3.63, 3.8) is 0 Å². The Morgan fingerprint density at radius 1 is 1.15 bits per heavy atom. The second-order valence-corrected chi connectivity index (χ2v) is 7.43. The first-order chi connectivity index (χ1) is 9.63. The Morgan fingerprint density at radius 2 is 1.80 bits per heavy atom. The molecule has 0 aliphatic heterocycles. The van der Waals surface area contributed by atoms with Crippen molar-refractivity contribution < 1.29 is 8.42 Å². The van der Waals surface area contributed by atoms with Gasteiger partial charge in [-0.3, -0.25) is 0 Å². The van der Waals surface area contributed by atoms with E-state index in [2.05, 4.69) is 0 Å². The van der Waals surface area contributed by atoms with Gasteiger partial charge in [0.1, 0.15) is 0 Å². The van der Waals surface area contributed by atoms with Crippen LogP contribution in [0, 0.1) is 0 Å². The van der Waals surface area contributed by atoms with E-state index in [4.69, 9.17) is 5.73 Å². The second kappa shape index (κ2) is 7.20. The highest BCUT2D eigenvalue weighted by Crippen LogP contribution is 2.25. The van der Waals surface area contributed by atoms with Crippen molar-refractivity contribution in [3.8, 4) is 0 Å². The van der Waals surface area contributed by atoms with Gasteiger partial charge in [0.2, 0.25) is 10.0 Å². The minimum Gasteiger partial charge on any atom is -0.329 e. The molecule has 2 N–H and O–H groups in total. The van der Waals surface area contributed by atoms with Crippen LogP contribution >= 0.6 is 0 Å². The average Bonchev–Trinajstić information content (AvgIpc) is 2.97. The highest BCUT2D eigenvalue weighted by Gasteiger charge is 2.30. The monoisotopic (exact) mass is 296 g/mol. The predicted molar refractivity (Wildman–Crippen MR) is 81.9 cm³/mol. The molecule has 0 saturated heterocycles. The van der Waals surface area contributed by atoms with Crippen LogP contribution < -0.4 is 5.73 Å². The molecule has 0 amide bonds. The number of hydrogen-bond donors (Lipinski definition) is 1. The molecule has 1 aromatic rings. The highest BCUT2D eigenvalue weighted by atomic mass is 32.2. The van der Waals surface area contributed by atoms with E-state index in [1.165, 1.54) is 0 Å². The third-order valence-electron chi connectivity index (χ3n) is 3.93. The molecule has 1 fully saturated rings. The summed E-state index contributed by atoms with van der Waals surface area (Å²) in [5, 5.41) is 0. The summed E-state index contributed by atoms with van der Waals surface area (Å²) in [5.41, 5.74) is 6.66. The van der Waals surface area contributed by atoms with E-state index in [0.717, 1.165) is 31.2 Å². The molecule has 1 aliphatic rings. The maximum absolute atomic E-state index is 12.6. The molecule has 20 heavy (non-hydrogen) atoms. The molecule has 0 radical (unpaired) electrons. The van der Waals surface area contributed by atoms with Crippen molar-refractivity contribution in [1.29, 1.82) is 0 Å². The van der Waals surface area contributed by atoms with Crippen LogP contribution in [0.1, 0.15) is 31.2 Å². The summed E-state index contributed by atoms with van der Waals surface area (Å²) >= 11 is 0. The normalized spacial score (nSPS) is 16.9. The van der Waals surface area contributed by atoms with Crippen molar-refractivity contribution in [1.82, 2.24) is 4.31 Å². The Balaban J connectivity index is 2.02. The Labute approximate surface area is 122 Å². The average molecular weight is 296 g/mol. The molecular formula is C15H24N2O2S. The molecule has 4 nitrogen and oxygen atoms in total. The lowest BCUT2D eigenvalue weighted by Gasteiger charge is -2.27. The van der Waals surface area contributed by atoms with E-state index in [1.807, 2.05) is 30.3 Å². The molecule has 5 heteroatoms. The predicted octanol–water partition coefficient (Wildman–Crippen LogP) is 1.76. The Bertz CT molecular complexity index is 496. The first-order valence-electron chi connectivity index (χ1n) is 7.37. The fourth-order valence-corrected chi connectivity index (χ4v) is 4.65. The third-order valence-corrected chi connectivity index (χ3v) is 5.85. The summed E-state index contributed by atoms with van der Waals surface area (Å²) < 4.78 is 26.8. The molecule has 0 heterocycles. The standard InChI is InChI=1S/C15H24N2O2S/c16-11-12-17(15-8-4-5-9-15)20(18,19)13-10-14-6-2-1-3-7-14/h1-3,6-7,15H,4-5,8-13,16H2. The topological polar surface area (TPSA) is 63.4 Å². The fourth-order valence-electron chi connectivity index (χ4n) is 2.88. The number of benzene rings is 1. The van der Waals surface area contributed by atoms with Gasteiger partial charge in [-0.05, 0) is 24.8 Å². The first kappa shape index (κ1) is 15.5. The number of nitrogens with two attached hydrogens (primary N) is 1. The zero-order chi connectivity index (χ0) is 14.4. The molecule has 112 valence electrons. The Hall–Kier alpha value is -0.910. The van der Waals surface area contributed by atoms with E-state index >= 15 is 0 Å². The molecule has 2 rings (SSSR count). The highest BCUT2D eigenvalue weighted by molar-refractivity contribution is 7.89. The van der Waals surface area contributed by atoms with E-state index in [1.54, 1.807) is 4.31 Å². The largest absolute Gasteiger partial charge is 0.329 e. The van der Waals surface area contributed by atoms with E-state index in [-0.39, 0.29) is 11.8 Å². The number of hydrogen-bond acceptors (Lipinski definition) is 3. The van der Waals surface area contributed by atoms with Crippen LogP contribution in [0.25, 0.3) is 0 Å². The SMILES string of the molecule is NCCN(C1CCCC1)S(=O)(=O)CCc1ccccc1. The molecule has 1 saturated carbocycles. The molecule has 1 aromatic carbocycles. The van der Waals surface area contributed by atoms with E-state index < -0.39 is 10.0 Å². The van der Waals surface area contributed by atoms with Gasteiger partial charge in [0, 0.05) is 19.1 Å². The summed E-state index contributed by atoms with van der Waals surface area (Å²) in [6.07, 6.45) is 4.77. The summed E-state index contributed by atoms with van der Waals surface area (Å²) in [7, 11) is -3.21. The van der Waals surface area contributed by atoms with Crippen LogP contribution in [0.3, 0.4) is 0 Å². The molecule has 0 unspecified atom stereocenters. The van der Waals surface area contributed by atoms with Crippen molar-refractivity contribution in [2.75, 3.05) is 18.8 Å². The fraction of sp³-hybridized carbons (Fsp3) is 0.600. The van der Waals surface area contributed by atoms with E-state index in [0.29, 0.717) is 19.5 Å². The zero-order valence-electron chi connectivity index (χ0n) is 11.9. The van der Waals surface area contributed by atoms with Crippen molar-refractivity contribution in [2.24, 2.45) is 5.73 Å². The van der Waals surface area contributed by atoms with Crippen LogP contribution in [-0.2, 0) is 16.4 Å². The van der Waals surface area contributed by atoms with Gasteiger partial charge in [-0.2, -0.15) is 4.31 Å². The Kier molecular flexibility index (Phi) is 5.57. The second-order valence-electron chi connectivity index (χ2n) is 5.39. The van der Waals surface area contributed by atoms with Gasteiger partial charge < -0.3 is 5.73 Å². The van der Waals surface area contributed by atoms with Gasteiger partial charge in [-0.25, -0.2) is 8.42 Å². The number of sulfonamides is 1. The number of rotatable bonds is 7. The maximum atomic E-state index is 12.6. The lowest BCUT2D eigenvalue weighted by atomic mass is 10.2. The minimum atomic E-state index is -3.21. The zero-order valence-corrected chi connectivity index (χ0v) is 12.7. The molecular weight excluding hydrogens is 272 g/mol. The van der Waals surface area contributed by atoms with Crippen LogP contribution in [0.5, 0.6) is 0 Å². The first-order valence-corrected chi connectivity index (χ1v) is 8.98. The smallest absolute Gasteiger partial charge is 0.214 e. The van der Waals surface area contributed by atoms with Crippen molar-refractivity contribution >= 4 is 10.0 Å². The van der Waals surface area contributed by atoms with Crippen molar-refractivity contribution in [2.45, 2.75) is 38.1 Å². The van der Waals surface area contributed by atoms with Gasteiger partial charge in [0.15, 0.2) is 0 Å².